The molecule has 0 bridgehead atoms. The first-order chi connectivity index (χ1) is 9.54. The average Bonchev–Trinajstić information content (AvgIpc) is 2.47. The van der Waals surface area contributed by atoms with Gasteiger partial charge in [0.25, 0.3) is 0 Å². The molecular weight excluding hydrogens is 314 g/mol. The van der Waals surface area contributed by atoms with Crippen molar-refractivity contribution in [2.24, 2.45) is 5.41 Å². The van der Waals surface area contributed by atoms with Crippen molar-refractivity contribution in [1.29, 1.82) is 0 Å². The van der Waals surface area contributed by atoms with Gasteiger partial charge in [-0.1, -0.05) is 54.4 Å². The molecule has 0 spiro atoms. The lowest BCUT2D eigenvalue weighted by Crippen LogP contribution is -2.39. The van der Waals surface area contributed by atoms with Crippen LogP contribution in [0.5, 0.6) is 0 Å². The molecule has 1 fully saturated rings. The van der Waals surface area contributed by atoms with Gasteiger partial charge in [-0.25, -0.2) is 0 Å². The van der Waals surface area contributed by atoms with Gasteiger partial charge in [0.2, 0.25) is 0 Å². The summed E-state index contributed by atoms with van der Waals surface area (Å²) in [5.74, 6) is 0. The normalized spacial score (nSPS) is 20.8. The number of aliphatic hydroxyl groups is 1. The minimum Gasteiger partial charge on any atom is -0.388 e. The van der Waals surface area contributed by atoms with E-state index in [0.29, 0.717) is 5.41 Å². The van der Waals surface area contributed by atoms with Crippen LogP contribution in [0.3, 0.4) is 0 Å². The van der Waals surface area contributed by atoms with Gasteiger partial charge in [-0.05, 0) is 49.4 Å². The summed E-state index contributed by atoms with van der Waals surface area (Å²) in [7, 11) is 0. The predicted molar refractivity (Wildman–Crippen MR) is 87.8 cm³/mol. The summed E-state index contributed by atoms with van der Waals surface area (Å²) in [5.41, 5.74) is 1.54. The molecule has 2 nitrogen and oxygen atoms in total. The third-order valence-corrected chi connectivity index (χ3v) is 5.62. The average molecular weight is 340 g/mol. The molecule has 0 aliphatic carbocycles. The number of hydrogen-bond acceptors (Lipinski definition) is 2. The summed E-state index contributed by atoms with van der Waals surface area (Å²) in [6.45, 7) is 8.04. The minimum atomic E-state index is -0.370. The number of hydrogen-bond donors (Lipinski definition) is 1. The maximum atomic E-state index is 10.3. The van der Waals surface area contributed by atoms with Crippen LogP contribution in [0.2, 0.25) is 0 Å². The molecule has 0 saturated carbocycles. The van der Waals surface area contributed by atoms with Gasteiger partial charge < -0.3 is 10.0 Å². The fourth-order valence-electron chi connectivity index (χ4n) is 2.88. The van der Waals surface area contributed by atoms with Gasteiger partial charge in [0.15, 0.2) is 0 Å². The summed E-state index contributed by atoms with van der Waals surface area (Å²) >= 11 is 3.51. The lowest BCUT2D eigenvalue weighted by atomic mass is 9.78. The minimum absolute atomic E-state index is 0.370. The largest absolute Gasteiger partial charge is 0.388 e. The third kappa shape index (κ3) is 4.06. The fourth-order valence-corrected chi connectivity index (χ4v) is 3.42. The molecule has 0 aromatic heterocycles. The molecule has 112 valence electrons. The Bertz CT molecular complexity index is 427. The van der Waals surface area contributed by atoms with Gasteiger partial charge in [0, 0.05) is 11.0 Å². The van der Waals surface area contributed by atoms with E-state index in [1.165, 1.54) is 32.4 Å². The maximum absolute atomic E-state index is 10.3. The number of rotatable bonds is 5. The third-order valence-electron chi connectivity index (χ3n) is 4.90. The van der Waals surface area contributed by atoms with Crippen molar-refractivity contribution in [3.63, 3.8) is 0 Å². The zero-order valence-corrected chi connectivity index (χ0v) is 14.2. The quantitative estimate of drug-likeness (QED) is 0.860. The van der Waals surface area contributed by atoms with Gasteiger partial charge in [-0.3, -0.25) is 0 Å². The van der Waals surface area contributed by atoms with Crippen LogP contribution < -0.4 is 0 Å². The second-order valence-corrected chi connectivity index (χ2v) is 7.19. The molecule has 1 aromatic carbocycles. The molecule has 1 saturated heterocycles. The molecule has 1 aliphatic heterocycles. The number of aliphatic hydroxyl groups excluding tert-OH is 1. The first-order valence-electron chi connectivity index (χ1n) is 7.69. The Hall–Kier alpha value is -0.380. The van der Waals surface area contributed by atoms with Crippen molar-refractivity contribution in [3.8, 4) is 0 Å². The Labute approximate surface area is 131 Å². The van der Waals surface area contributed by atoms with Crippen LogP contribution in [-0.2, 0) is 0 Å². The van der Waals surface area contributed by atoms with Crippen molar-refractivity contribution < 1.29 is 5.11 Å². The number of halogens is 1. The Morgan fingerprint density at radius 2 is 1.95 bits per heavy atom. The van der Waals surface area contributed by atoms with Crippen LogP contribution in [0.1, 0.15) is 51.2 Å². The molecule has 2 rings (SSSR count). The van der Waals surface area contributed by atoms with Crippen molar-refractivity contribution >= 4 is 15.9 Å². The fraction of sp³-hybridized carbons (Fsp3) is 0.647. The van der Waals surface area contributed by atoms with Crippen LogP contribution in [-0.4, -0.2) is 29.6 Å². The van der Waals surface area contributed by atoms with E-state index in [0.717, 1.165) is 23.0 Å². The molecule has 0 radical (unpaired) electrons. The van der Waals surface area contributed by atoms with Gasteiger partial charge in [-0.15, -0.1) is 0 Å². The molecule has 1 aliphatic rings. The number of benzene rings is 1. The van der Waals surface area contributed by atoms with Crippen molar-refractivity contribution in [1.82, 2.24) is 4.90 Å². The Balaban J connectivity index is 1.80. The van der Waals surface area contributed by atoms with E-state index in [-0.39, 0.29) is 6.10 Å². The molecular formula is C17H26BrNO. The molecule has 0 amide bonds. The van der Waals surface area contributed by atoms with Crippen LogP contribution in [0.15, 0.2) is 28.7 Å². The van der Waals surface area contributed by atoms with Crippen LogP contribution in [0, 0.1) is 5.41 Å². The highest BCUT2D eigenvalue weighted by molar-refractivity contribution is 9.10. The lowest BCUT2D eigenvalue weighted by Gasteiger charge is -2.39. The maximum Gasteiger partial charge on any atom is 0.0813 e. The Morgan fingerprint density at radius 1 is 1.30 bits per heavy atom. The summed E-state index contributed by atoms with van der Waals surface area (Å²) in [6, 6.07) is 7.96. The highest BCUT2D eigenvalue weighted by Crippen LogP contribution is 2.34. The lowest BCUT2D eigenvalue weighted by molar-refractivity contribution is 0.0908. The summed E-state index contributed by atoms with van der Waals surface area (Å²) in [6.07, 6.45) is 4.29. The van der Waals surface area contributed by atoms with Crippen LogP contribution in [0.25, 0.3) is 0 Å². The molecule has 1 aromatic rings. The second kappa shape index (κ2) is 7.06. The zero-order chi connectivity index (χ0) is 14.6. The molecule has 1 atom stereocenters. The van der Waals surface area contributed by atoms with E-state index < -0.39 is 0 Å². The zero-order valence-electron chi connectivity index (χ0n) is 12.6. The monoisotopic (exact) mass is 339 g/mol. The molecule has 20 heavy (non-hydrogen) atoms. The molecule has 1 N–H and O–H groups in total. The van der Waals surface area contributed by atoms with E-state index in [2.05, 4.69) is 34.7 Å². The van der Waals surface area contributed by atoms with Gasteiger partial charge in [-0.2, -0.15) is 0 Å². The Morgan fingerprint density at radius 3 is 2.55 bits per heavy atom. The Kier molecular flexibility index (Phi) is 5.65. The number of likely N-dealkylation sites (tertiary alicyclic amines) is 1. The van der Waals surface area contributed by atoms with E-state index >= 15 is 0 Å². The van der Waals surface area contributed by atoms with Crippen molar-refractivity contribution in [2.45, 2.75) is 45.6 Å². The van der Waals surface area contributed by atoms with Crippen molar-refractivity contribution in [2.75, 3.05) is 19.6 Å². The van der Waals surface area contributed by atoms with E-state index in [1.807, 2.05) is 24.3 Å². The van der Waals surface area contributed by atoms with Gasteiger partial charge in [0.1, 0.15) is 0 Å². The predicted octanol–water partition coefficient (Wildman–Crippen LogP) is 4.38. The molecule has 3 heteroatoms. The highest BCUT2D eigenvalue weighted by Gasteiger charge is 2.28. The first-order valence-corrected chi connectivity index (χ1v) is 8.48. The van der Waals surface area contributed by atoms with Crippen LogP contribution in [0.4, 0.5) is 0 Å². The number of nitrogens with zero attached hydrogens (tertiary/aromatic N) is 1. The molecule has 1 unspecified atom stereocenters. The summed E-state index contributed by atoms with van der Waals surface area (Å²) in [4.78, 5) is 2.50. The standard InChI is InChI=1S/C17H26BrNO/c1-3-17(2)9-12-19(13-10-17)11-8-16(20)14-6-4-5-7-15(14)18/h4-7,16,20H,3,8-13H2,1-2H3. The molecule has 1 heterocycles. The van der Waals surface area contributed by atoms with E-state index in [1.54, 1.807) is 0 Å². The summed E-state index contributed by atoms with van der Waals surface area (Å²) in [5, 5.41) is 10.3. The number of piperidine rings is 1. The SMILES string of the molecule is CCC1(C)CCN(CCC(O)c2ccccc2Br)CC1. The van der Waals surface area contributed by atoms with Crippen molar-refractivity contribution in [3.05, 3.63) is 34.3 Å². The first kappa shape index (κ1) is 16.0. The topological polar surface area (TPSA) is 23.5 Å². The van der Waals surface area contributed by atoms with Crippen LogP contribution >= 0.6 is 15.9 Å². The van der Waals surface area contributed by atoms with Gasteiger partial charge >= 0.3 is 0 Å². The van der Waals surface area contributed by atoms with E-state index in [4.69, 9.17) is 0 Å². The highest BCUT2D eigenvalue weighted by atomic mass is 79.9. The smallest absolute Gasteiger partial charge is 0.0813 e. The summed E-state index contributed by atoms with van der Waals surface area (Å²) < 4.78 is 1.00. The second-order valence-electron chi connectivity index (χ2n) is 6.33. The van der Waals surface area contributed by atoms with Gasteiger partial charge in [0.05, 0.1) is 6.10 Å². The van der Waals surface area contributed by atoms with E-state index in [9.17, 15) is 5.11 Å².